The second-order valence-electron chi connectivity index (χ2n) is 4.16. The number of hydrogen-bond donors (Lipinski definition) is 3. The predicted octanol–water partition coefficient (Wildman–Crippen LogP) is 0.447. The summed E-state index contributed by atoms with van der Waals surface area (Å²) in [4.78, 5) is 0. The average Bonchev–Trinajstić information content (AvgIpc) is 2.08. The zero-order valence-electron chi connectivity index (χ0n) is 8.03. The zero-order chi connectivity index (χ0) is 10.1. The molecule has 1 saturated carbocycles. The second-order valence-corrected chi connectivity index (χ2v) is 4.16. The lowest BCUT2D eigenvalue weighted by molar-refractivity contribution is -0.0958. The summed E-state index contributed by atoms with van der Waals surface area (Å²) in [6, 6.07) is 0. The molecule has 3 nitrogen and oxygen atoms in total. The number of hydrogen-bond acceptors (Lipinski definition) is 3. The summed E-state index contributed by atoms with van der Waals surface area (Å²) in [5, 5.41) is 28.1. The van der Waals surface area contributed by atoms with Crippen molar-refractivity contribution in [3.63, 3.8) is 0 Å². The van der Waals surface area contributed by atoms with E-state index >= 15 is 0 Å². The van der Waals surface area contributed by atoms with Crippen molar-refractivity contribution in [3.05, 3.63) is 12.2 Å². The van der Waals surface area contributed by atoms with Crippen LogP contribution in [0.4, 0.5) is 0 Å². The van der Waals surface area contributed by atoms with Gasteiger partial charge < -0.3 is 15.3 Å². The molecule has 0 heterocycles. The maximum atomic E-state index is 9.67. The molecule has 1 aliphatic carbocycles. The van der Waals surface area contributed by atoms with Crippen LogP contribution in [0.15, 0.2) is 12.2 Å². The van der Waals surface area contributed by atoms with Crippen molar-refractivity contribution in [2.45, 2.75) is 37.9 Å². The predicted molar refractivity (Wildman–Crippen MR) is 50.2 cm³/mol. The molecule has 1 fully saturated rings. The molecule has 3 atom stereocenters. The number of rotatable bonds is 2. The molecule has 1 rings (SSSR count). The monoisotopic (exact) mass is 186 g/mol. The fraction of sp³-hybridized carbons (Fsp3) is 0.800. The van der Waals surface area contributed by atoms with E-state index in [-0.39, 0.29) is 12.5 Å². The highest BCUT2D eigenvalue weighted by molar-refractivity contribution is 5.05. The summed E-state index contributed by atoms with van der Waals surface area (Å²) >= 11 is 0. The van der Waals surface area contributed by atoms with Crippen LogP contribution < -0.4 is 0 Å². The van der Waals surface area contributed by atoms with Gasteiger partial charge in [0.15, 0.2) is 0 Å². The van der Waals surface area contributed by atoms with Crippen LogP contribution in [0.1, 0.15) is 26.2 Å². The minimum atomic E-state index is -0.966. The Bertz CT molecular complexity index is 198. The molecule has 0 aliphatic heterocycles. The van der Waals surface area contributed by atoms with E-state index in [4.69, 9.17) is 5.11 Å². The normalized spacial score (nSPS) is 40.3. The molecule has 0 amide bonds. The lowest BCUT2D eigenvalue weighted by Crippen LogP contribution is -2.44. The van der Waals surface area contributed by atoms with Crippen LogP contribution >= 0.6 is 0 Å². The molecule has 3 N–H and O–H groups in total. The molecule has 1 aliphatic rings. The van der Waals surface area contributed by atoms with Gasteiger partial charge in [-0.15, -0.1) is 0 Å². The van der Waals surface area contributed by atoms with Crippen LogP contribution in [-0.4, -0.2) is 33.6 Å². The topological polar surface area (TPSA) is 60.7 Å². The first-order valence-electron chi connectivity index (χ1n) is 4.66. The summed E-state index contributed by atoms with van der Waals surface area (Å²) in [5.74, 6) is 0.153. The fourth-order valence-corrected chi connectivity index (χ4v) is 1.77. The van der Waals surface area contributed by atoms with Crippen molar-refractivity contribution < 1.29 is 15.3 Å². The minimum Gasteiger partial charge on any atom is -0.392 e. The van der Waals surface area contributed by atoms with E-state index in [9.17, 15) is 10.2 Å². The molecule has 76 valence electrons. The molecule has 0 saturated heterocycles. The molecule has 13 heavy (non-hydrogen) atoms. The maximum absolute atomic E-state index is 9.67. The van der Waals surface area contributed by atoms with Crippen molar-refractivity contribution in [2.75, 3.05) is 6.61 Å². The van der Waals surface area contributed by atoms with E-state index in [0.29, 0.717) is 12.8 Å². The molecular weight excluding hydrogens is 168 g/mol. The molecule has 3 heteroatoms. The van der Waals surface area contributed by atoms with Crippen LogP contribution in [0.2, 0.25) is 0 Å². The van der Waals surface area contributed by atoms with Gasteiger partial charge in [0.05, 0.1) is 18.3 Å². The summed E-state index contributed by atoms with van der Waals surface area (Å²) in [6.07, 6.45) is 1.17. The number of aliphatic hydroxyl groups is 3. The minimum absolute atomic E-state index is 0.0282. The molecule has 0 aromatic carbocycles. The lowest BCUT2D eigenvalue weighted by Gasteiger charge is -2.38. The molecule has 0 aromatic rings. The molecular formula is C10H18O3. The van der Waals surface area contributed by atoms with Crippen molar-refractivity contribution in [3.8, 4) is 0 Å². The van der Waals surface area contributed by atoms with Crippen molar-refractivity contribution >= 4 is 0 Å². The molecule has 0 aromatic heterocycles. The first kappa shape index (κ1) is 10.7. The fourth-order valence-electron chi connectivity index (χ4n) is 1.77. The molecule has 0 radical (unpaired) electrons. The van der Waals surface area contributed by atoms with E-state index in [0.717, 1.165) is 12.0 Å². The molecule has 0 bridgehead atoms. The van der Waals surface area contributed by atoms with E-state index in [1.807, 2.05) is 0 Å². The van der Waals surface area contributed by atoms with Gasteiger partial charge in [0, 0.05) is 0 Å². The van der Waals surface area contributed by atoms with Gasteiger partial charge >= 0.3 is 0 Å². The van der Waals surface area contributed by atoms with Gasteiger partial charge in [0.2, 0.25) is 0 Å². The Morgan fingerprint density at radius 3 is 2.69 bits per heavy atom. The molecule has 0 spiro atoms. The number of aliphatic hydroxyl groups excluding tert-OH is 2. The van der Waals surface area contributed by atoms with Gasteiger partial charge in [-0.2, -0.15) is 0 Å². The third-order valence-corrected chi connectivity index (χ3v) is 3.01. The Balaban J connectivity index is 2.56. The average molecular weight is 186 g/mol. The van der Waals surface area contributed by atoms with Crippen molar-refractivity contribution in [1.82, 2.24) is 0 Å². The van der Waals surface area contributed by atoms with Gasteiger partial charge in [-0.05, 0) is 37.7 Å². The largest absolute Gasteiger partial charge is 0.392 e. The van der Waals surface area contributed by atoms with Crippen LogP contribution in [0, 0.1) is 5.92 Å². The smallest absolute Gasteiger partial charge is 0.0877 e. The van der Waals surface area contributed by atoms with Gasteiger partial charge in [0.25, 0.3) is 0 Å². The Morgan fingerprint density at radius 1 is 1.62 bits per heavy atom. The van der Waals surface area contributed by atoms with E-state index in [1.54, 1.807) is 6.92 Å². The Hall–Kier alpha value is -0.380. The highest BCUT2D eigenvalue weighted by Gasteiger charge is 2.37. The Kier molecular flexibility index (Phi) is 3.11. The van der Waals surface area contributed by atoms with Gasteiger partial charge in [-0.3, -0.25) is 0 Å². The quantitative estimate of drug-likeness (QED) is 0.549. The van der Waals surface area contributed by atoms with Gasteiger partial charge in [0.1, 0.15) is 0 Å². The van der Waals surface area contributed by atoms with E-state index in [1.165, 1.54) is 0 Å². The summed E-state index contributed by atoms with van der Waals surface area (Å²) in [6.45, 7) is 5.36. The highest BCUT2D eigenvalue weighted by Crippen LogP contribution is 2.34. The van der Waals surface area contributed by atoms with Gasteiger partial charge in [-0.25, -0.2) is 0 Å². The van der Waals surface area contributed by atoms with Crippen LogP contribution in [0.25, 0.3) is 0 Å². The van der Waals surface area contributed by atoms with Crippen LogP contribution in [-0.2, 0) is 0 Å². The SMILES string of the molecule is C=C(CO)C1CCC(C)(O)C(O)C1. The van der Waals surface area contributed by atoms with Gasteiger partial charge in [-0.1, -0.05) is 6.58 Å². The third-order valence-electron chi connectivity index (χ3n) is 3.01. The Labute approximate surface area is 78.7 Å². The summed E-state index contributed by atoms with van der Waals surface area (Å²) < 4.78 is 0. The third kappa shape index (κ3) is 2.30. The van der Waals surface area contributed by atoms with E-state index in [2.05, 4.69) is 6.58 Å². The molecule has 3 unspecified atom stereocenters. The second kappa shape index (κ2) is 3.78. The standard InChI is InChI=1S/C10H18O3/c1-7(6-11)8-3-4-10(2,13)9(12)5-8/h8-9,11-13H,1,3-6H2,2H3. The summed E-state index contributed by atoms with van der Waals surface area (Å²) in [5.41, 5.74) is -0.207. The maximum Gasteiger partial charge on any atom is 0.0877 e. The Morgan fingerprint density at radius 2 is 2.23 bits per heavy atom. The van der Waals surface area contributed by atoms with Crippen LogP contribution in [0.3, 0.4) is 0 Å². The zero-order valence-corrected chi connectivity index (χ0v) is 8.03. The van der Waals surface area contributed by atoms with Crippen LogP contribution in [0.5, 0.6) is 0 Å². The first-order valence-corrected chi connectivity index (χ1v) is 4.66. The van der Waals surface area contributed by atoms with Crippen molar-refractivity contribution in [2.24, 2.45) is 5.92 Å². The first-order chi connectivity index (χ1) is 5.97. The lowest BCUT2D eigenvalue weighted by atomic mass is 9.75. The van der Waals surface area contributed by atoms with Crippen molar-refractivity contribution in [1.29, 1.82) is 0 Å². The highest BCUT2D eigenvalue weighted by atomic mass is 16.3. The summed E-state index contributed by atoms with van der Waals surface area (Å²) in [7, 11) is 0. The van der Waals surface area contributed by atoms with E-state index < -0.39 is 11.7 Å².